The van der Waals surface area contributed by atoms with Gasteiger partial charge in [0, 0.05) is 11.3 Å². The molecule has 0 unspecified atom stereocenters. The molecule has 0 radical (unpaired) electrons. The van der Waals surface area contributed by atoms with Crippen LogP contribution >= 0.6 is 11.3 Å². The molecule has 1 heterocycles. The van der Waals surface area contributed by atoms with Crippen molar-refractivity contribution in [3.8, 4) is 0 Å². The molecule has 0 bridgehead atoms. The molecule has 0 aliphatic rings. The number of rotatable bonds is 5. The number of aryl methyl sites for hydroxylation is 1. The molecular formula is C18H17N5O2S. The Morgan fingerprint density at radius 1 is 0.962 bits per heavy atom. The zero-order valence-electron chi connectivity index (χ0n) is 14.0. The highest BCUT2D eigenvalue weighted by Crippen LogP contribution is 2.20. The average molecular weight is 367 g/mol. The number of carbonyl (C=O) groups is 2. The van der Waals surface area contributed by atoms with Gasteiger partial charge in [-0.25, -0.2) is 0 Å². The second kappa shape index (κ2) is 8.21. The smallest absolute Gasteiger partial charge is 0.269 e. The lowest BCUT2D eigenvalue weighted by Crippen LogP contribution is -2.42. The number of aromatic nitrogens is 2. The number of carbonyl (C=O) groups excluding carboxylic acids is 2. The van der Waals surface area contributed by atoms with E-state index >= 15 is 0 Å². The van der Waals surface area contributed by atoms with Crippen LogP contribution in [0.1, 0.15) is 20.9 Å². The number of nitrogens with zero attached hydrogens (tertiary/aromatic N) is 2. The first-order chi connectivity index (χ1) is 12.6. The zero-order chi connectivity index (χ0) is 18.4. The van der Waals surface area contributed by atoms with Crippen molar-refractivity contribution in [2.45, 2.75) is 13.3 Å². The van der Waals surface area contributed by atoms with Crippen LogP contribution in [0, 0.1) is 6.92 Å². The lowest BCUT2D eigenvalue weighted by Gasteiger charge is -2.08. The molecule has 132 valence electrons. The number of benzene rings is 2. The molecule has 0 saturated carbocycles. The third-order valence-corrected chi connectivity index (χ3v) is 4.35. The Morgan fingerprint density at radius 3 is 2.46 bits per heavy atom. The lowest BCUT2D eigenvalue weighted by molar-refractivity contribution is -0.121. The first kappa shape index (κ1) is 17.6. The summed E-state index contributed by atoms with van der Waals surface area (Å²) in [5, 5.41) is 12.3. The van der Waals surface area contributed by atoms with E-state index in [1.165, 1.54) is 11.3 Å². The fourth-order valence-corrected chi connectivity index (χ4v) is 2.98. The highest BCUT2D eigenvalue weighted by Gasteiger charge is 2.12. The van der Waals surface area contributed by atoms with Crippen molar-refractivity contribution in [1.29, 1.82) is 0 Å². The maximum atomic E-state index is 12.1. The number of hydrogen-bond donors (Lipinski definition) is 3. The SMILES string of the molecule is Cc1ccccc1C(=O)NNC(=O)Cc1nnc(Nc2ccccc2)s1. The summed E-state index contributed by atoms with van der Waals surface area (Å²) in [5.74, 6) is -0.727. The van der Waals surface area contributed by atoms with Crippen LogP contribution in [-0.2, 0) is 11.2 Å². The fraction of sp³-hybridized carbons (Fsp3) is 0.111. The molecule has 3 aromatic rings. The minimum atomic E-state index is -0.366. The molecule has 7 nitrogen and oxygen atoms in total. The molecule has 0 aliphatic carbocycles. The van der Waals surface area contributed by atoms with Crippen molar-refractivity contribution in [2.75, 3.05) is 5.32 Å². The van der Waals surface area contributed by atoms with Crippen LogP contribution in [0.4, 0.5) is 10.8 Å². The van der Waals surface area contributed by atoms with Gasteiger partial charge in [0.1, 0.15) is 5.01 Å². The first-order valence-corrected chi connectivity index (χ1v) is 8.73. The summed E-state index contributed by atoms with van der Waals surface area (Å²) in [6.45, 7) is 1.83. The second-order valence-corrected chi connectivity index (χ2v) is 6.55. The third kappa shape index (κ3) is 4.64. The predicted octanol–water partition coefficient (Wildman–Crippen LogP) is 2.59. The summed E-state index contributed by atoms with van der Waals surface area (Å²) in [7, 11) is 0. The Balaban J connectivity index is 1.51. The number of anilines is 2. The van der Waals surface area contributed by atoms with Crippen molar-refractivity contribution >= 4 is 34.0 Å². The Kier molecular flexibility index (Phi) is 5.55. The minimum absolute atomic E-state index is 0.0299. The Hall–Kier alpha value is -3.26. The second-order valence-electron chi connectivity index (χ2n) is 5.49. The highest BCUT2D eigenvalue weighted by molar-refractivity contribution is 7.15. The number of para-hydroxylation sites is 1. The number of hydrazine groups is 1. The Morgan fingerprint density at radius 2 is 1.69 bits per heavy atom. The Labute approximate surface area is 154 Å². The minimum Gasteiger partial charge on any atom is -0.330 e. The van der Waals surface area contributed by atoms with Gasteiger partial charge in [0.05, 0.1) is 6.42 Å². The maximum Gasteiger partial charge on any atom is 0.269 e. The molecule has 0 aliphatic heterocycles. The standard InChI is InChI=1S/C18H17N5O2S/c1-12-7-5-6-10-14(12)17(25)22-20-15(24)11-16-21-23-18(26-16)19-13-8-3-2-4-9-13/h2-10H,11H2,1H3,(H,19,23)(H,20,24)(H,22,25). The van der Waals surface area contributed by atoms with E-state index in [-0.39, 0.29) is 18.2 Å². The van der Waals surface area contributed by atoms with Gasteiger partial charge >= 0.3 is 0 Å². The van der Waals surface area contributed by atoms with E-state index in [4.69, 9.17) is 0 Å². The topological polar surface area (TPSA) is 96.0 Å². The van der Waals surface area contributed by atoms with Crippen molar-refractivity contribution in [3.63, 3.8) is 0 Å². The van der Waals surface area contributed by atoms with Gasteiger partial charge in [-0.2, -0.15) is 0 Å². The fourth-order valence-electron chi connectivity index (χ4n) is 2.22. The predicted molar refractivity (Wildman–Crippen MR) is 100 cm³/mol. The molecule has 3 rings (SSSR count). The number of nitrogens with one attached hydrogen (secondary N) is 3. The van der Waals surface area contributed by atoms with Gasteiger partial charge in [0.15, 0.2) is 0 Å². The van der Waals surface area contributed by atoms with Gasteiger partial charge in [0.25, 0.3) is 5.91 Å². The van der Waals surface area contributed by atoms with E-state index in [9.17, 15) is 9.59 Å². The van der Waals surface area contributed by atoms with E-state index < -0.39 is 0 Å². The summed E-state index contributed by atoms with van der Waals surface area (Å²) >= 11 is 1.28. The molecule has 1 aromatic heterocycles. The normalized spacial score (nSPS) is 10.2. The van der Waals surface area contributed by atoms with Crippen molar-refractivity contribution in [1.82, 2.24) is 21.0 Å². The van der Waals surface area contributed by atoms with E-state index in [0.717, 1.165) is 11.3 Å². The summed E-state index contributed by atoms with van der Waals surface area (Å²) < 4.78 is 0. The van der Waals surface area contributed by atoms with E-state index in [0.29, 0.717) is 15.7 Å². The highest BCUT2D eigenvalue weighted by atomic mass is 32.1. The molecule has 26 heavy (non-hydrogen) atoms. The van der Waals surface area contributed by atoms with Crippen LogP contribution in [0.15, 0.2) is 54.6 Å². The van der Waals surface area contributed by atoms with Crippen LogP contribution in [0.25, 0.3) is 0 Å². The van der Waals surface area contributed by atoms with Crippen LogP contribution in [0.2, 0.25) is 0 Å². The summed E-state index contributed by atoms with van der Waals surface area (Å²) in [6, 6.07) is 16.7. The summed E-state index contributed by atoms with van der Waals surface area (Å²) in [6.07, 6.45) is 0.0299. The molecule has 3 N–H and O–H groups in total. The van der Waals surface area contributed by atoms with Crippen LogP contribution in [0.5, 0.6) is 0 Å². The van der Waals surface area contributed by atoms with Gasteiger partial charge in [-0.1, -0.05) is 47.7 Å². The largest absolute Gasteiger partial charge is 0.330 e. The Bertz CT molecular complexity index is 911. The maximum absolute atomic E-state index is 12.1. The molecule has 0 fully saturated rings. The molecule has 0 spiro atoms. The monoisotopic (exact) mass is 367 g/mol. The van der Waals surface area contributed by atoms with Crippen LogP contribution in [0.3, 0.4) is 0 Å². The number of hydrogen-bond acceptors (Lipinski definition) is 6. The lowest BCUT2D eigenvalue weighted by atomic mass is 10.1. The van der Waals surface area contributed by atoms with Gasteiger partial charge in [0.2, 0.25) is 11.0 Å². The van der Waals surface area contributed by atoms with Crippen LogP contribution < -0.4 is 16.2 Å². The molecule has 0 saturated heterocycles. The quantitative estimate of drug-likeness (QED) is 0.603. The van der Waals surface area contributed by atoms with Crippen molar-refractivity contribution in [2.24, 2.45) is 0 Å². The van der Waals surface area contributed by atoms with Crippen molar-refractivity contribution < 1.29 is 9.59 Å². The van der Waals surface area contributed by atoms with Gasteiger partial charge < -0.3 is 5.32 Å². The number of amides is 2. The molecule has 8 heteroatoms. The molecule has 0 atom stereocenters. The first-order valence-electron chi connectivity index (χ1n) is 7.91. The summed E-state index contributed by atoms with van der Waals surface area (Å²) in [5.41, 5.74) is 7.04. The van der Waals surface area contributed by atoms with Gasteiger partial charge in [-0.3, -0.25) is 20.4 Å². The third-order valence-electron chi connectivity index (χ3n) is 3.51. The van der Waals surface area contributed by atoms with E-state index in [1.54, 1.807) is 12.1 Å². The summed E-state index contributed by atoms with van der Waals surface area (Å²) in [4.78, 5) is 24.1. The van der Waals surface area contributed by atoms with E-state index in [2.05, 4.69) is 26.4 Å². The van der Waals surface area contributed by atoms with Gasteiger partial charge in [-0.05, 0) is 30.7 Å². The zero-order valence-corrected chi connectivity index (χ0v) is 14.8. The molecular weight excluding hydrogens is 350 g/mol. The average Bonchev–Trinajstić information content (AvgIpc) is 3.07. The molecule has 2 aromatic carbocycles. The van der Waals surface area contributed by atoms with Crippen LogP contribution in [-0.4, -0.2) is 22.0 Å². The van der Waals surface area contributed by atoms with E-state index in [1.807, 2.05) is 49.4 Å². The van der Waals surface area contributed by atoms with Gasteiger partial charge in [-0.15, -0.1) is 10.2 Å². The molecule has 2 amide bonds. The van der Waals surface area contributed by atoms with Crippen molar-refractivity contribution in [3.05, 3.63) is 70.7 Å².